The van der Waals surface area contributed by atoms with E-state index < -0.39 is 11.9 Å². The molecule has 0 saturated carbocycles. The second kappa shape index (κ2) is 5.01. The molecular formula is C16H18ClN3O3. The molecule has 0 amide bonds. The lowest BCUT2D eigenvalue weighted by Gasteiger charge is -2.22. The molecule has 2 aromatic rings. The van der Waals surface area contributed by atoms with Crippen LogP contribution in [0.5, 0.6) is 0 Å². The molecule has 1 fully saturated rings. The van der Waals surface area contributed by atoms with Crippen molar-refractivity contribution in [1.29, 1.82) is 0 Å². The van der Waals surface area contributed by atoms with Gasteiger partial charge in [-0.1, -0.05) is 17.7 Å². The van der Waals surface area contributed by atoms with Crippen LogP contribution in [0.1, 0.15) is 26.8 Å². The summed E-state index contributed by atoms with van der Waals surface area (Å²) in [6.45, 7) is 5.51. The number of aliphatic hydroxyl groups excluding tert-OH is 1. The van der Waals surface area contributed by atoms with Crippen LogP contribution in [-0.4, -0.2) is 43.7 Å². The van der Waals surface area contributed by atoms with Crippen molar-refractivity contribution >= 4 is 22.6 Å². The van der Waals surface area contributed by atoms with E-state index in [1.54, 1.807) is 6.92 Å². The molecule has 1 saturated heterocycles. The van der Waals surface area contributed by atoms with Crippen LogP contribution in [0.3, 0.4) is 0 Å². The Morgan fingerprint density at radius 3 is 2.87 bits per heavy atom. The van der Waals surface area contributed by atoms with Crippen LogP contribution in [0.2, 0.25) is 5.15 Å². The van der Waals surface area contributed by atoms with Crippen LogP contribution in [0, 0.1) is 0 Å². The molecule has 7 heteroatoms. The standard InChI is InChI=1S/C16H18ClN3O3/c1-8(21)10-6-11(13-12(10)22-16(2,3)23-13)20-5-4-9-14(17)18-7-19-15(9)20/h4-8,11-13,21H,1-3H3/t8?,11-,12-,13+/m1/s1. The van der Waals surface area contributed by atoms with Gasteiger partial charge in [0.1, 0.15) is 29.3 Å². The summed E-state index contributed by atoms with van der Waals surface area (Å²) in [5.41, 5.74) is 1.58. The molecule has 0 bridgehead atoms. The van der Waals surface area contributed by atoms with E-state index in [-0.39, 0.29) is 18.2 Å². The first-order chi connectivity index (χ1) is 10.9. The molecule has 122 valence electrons. The van der Waals surface area contributed by atoms with Crippen molar-refractivity contribution in [3.05, 3.63) is 35.4 Å². The van der Waals surface area contributed by atoms with Gasteiger partial charge in [-0.25, -0.2) is 9.97 Å². The van der Waals surface area contributed by atoms with Crippen molar-refractivity contribution in [3.8, 4) is 0 Å². The van der Waals surface area contributed by atoms with E-state index in [0.29, 0.717) is 5.15 Å². The third-order valence-corrected chi connectivity index (χ3v) is 4.72. The van der Waals surface area contributed by atoms with Crippen molar-refractivity contribution in [3.63, 3.8) is 0 Å². The highest BCUT2D eigenvalue weighted by atomic mass is 35.5. The summed E-state index contributed by atoms with van der Waals surface area (Å²) in [6.07, 6.45) is 4.31. The lowest BCUT2D eigenvalue weighted by molar-refractivity contribution is -0.148. The summed E-state index contributed by atoms with van der Waals surface area (Å²) < 4.78 is 14.1. The van der Waals surface area contributed by atoms with Gasteiger partial charge in [0.25, 0.3) is 0 Å². The van der Waals surface area contributed by atoms with Crippen molar-refractivity contribution in [2.45, 2.75) is 50.9 Å². The Kier molecular flexibility index (Phi) is 3.29. The summed E-state index contributed by atoms with van der Waals surface area (Å²) in [5.74, 6) is -0.683. The van der Waals surface area contributed by atoms with E-state index in [0.717, 1.165) is 16.6 Å². The predicted octanol–water partition coefficient (Wildman–Crippen LogP) is 2.47. The molecule has 2 aliphatic rings. The number of halogens is 1. The molecule has 2 aromatic heterocycles. The summed E-state index contributed by atoms with van der Waals surface area (Å²) in [7, 11) is 0. The summed E-state index contributed by atoms with van der Waals surface area (Å²) in [4.78, 5) is 8.36. The Balaban J connectivity index is 1.82. The van der Waals surface area contributed by atoms with Crippen LogP contribution in [0.4, 0.5) is 0 Å². The normalized spacial score (nSPS) is 30.5. The highest BCUT2D eigenvalue weighted by molar-refractivity contribution is 6.33. The number of aliphatic hydroxyl groups is 1. The van der Waals surface area contributed by atoms with E-state index in [1.807, 2.05) is 36.8 Å². The average Bonchev–Trinajstić information content (AvgIpc) is 3.09. The van der Waals surface area contributed by atoms with E-state index in [1.165, 1.54) is 6.33 Å². The minimum absolute atomic E-state index is 0.116. The third kappa shape index (κ3) is 2.29. The second-order valence-corrected chi connectivity index (χ2v) is 6.84. The lowest BCUT2D eigenvalue weighted by atomic mass is 10.1. The smallest absolute Gasteiger partial charge is 0.164 e. The average molecular weight is 336 g/mol. The van der Waals surface area contributed by atoms with Crippen molar-refractivity contribution in [1.82, 2.24) is 14.5 Å². The topological polar surface area (TPSA) is 69.4 Å². The van der Waals surface area contributed by atoms with Crippen LogP contribution >= 0.6 is 11.6 Å². The van der Waals surface area contributed by atoms with Crippen LogP contribution in [0.25, 0.3) is 11.0 Å². The Morgan fingerprint density at radius 1 is 1.35 bits per heavy atom. The van der Waals surface area contributed by atoms with Crippen LogP contribution < -0.4 is 0 Å². The molecule has 4 atom stereocenters. The zero-order valence-corrected chi connectivity index (χ0v) is 13.9. The van der Waals surface area contributed by atoms with Gasteiger partial charge in [-0.15, -0.1) is 0 Å². The molecule has 0 radical (unpaired) electrons. The van der Waals surface area contributed by atoms with Gasteiger partial charge in [0.15, 0.2) is 5.79 Å². The highest BCUT2D eigenvalue weighted by Gasteiger charge is 2.51. The number of hydrogen-bond acceptors (Lipinski definition) is 5. The first-order valence-electron chi connectivity index (χ1n) is 7.60. The van der Waals surface area contributed by atoms with Gasteiger partial charge in [0.2, 0.25) is 0 Å². The minimum atomic E-state index is -0.683. The second-order valence-electron chi connectivity index (χ2n) is 6.48. The zero-order chi connectivity index (χ0) is 16.4. The fourth-order valence-corrected chi connectivity index (χ4v) is 3.67. The van der Waals surface area contributed by atoms with E-state index in [2.05, 4.69) is 9.97 Å². The molecular weight excluding hydrogens is 318 g/mol. The van der Waals surface area contributed by atoms with Gasteiger partial charge < -0.3 is 19.1 Å². The molecule has 0 aromatic carbocycles. The fraction of sp³-hybridized carbons (Fsp3) is 0.500. The molecule has 1 N–H and O–H groups in total. The van der Waals surface area contributed by atoms with E-state index in [4.69, 9.17) is 21.1 Å². The van der Waals surface area contributed by atoms with Gasteiger partial charge in [-0.3, -0.25) is 0 Å². The molecule has 1 unspecified atom stereocenters. The Bertz CT molecular complexity index is 799. The third-order valence-electron chi connectivity index (χ3n) is 4.42. The van der Waals surface area contributed by atoms with E-state index in [9.17, 15) is 5.11 Å². The Hall–Kier alpha value is -1.47. The summed E-state index contributed by atoms with van der Waals surface area (Å²) >= 11 is 6.14. The van der Waals surface area contributed by atoms with Crippen LogP contribution in [0.15, 0.2) is 30.2 Å². The SMILES string of the molecule is CC(O)C1=C[C@@H](n2ccc3c(Cl)ncnc32)[C@@H]2OC(C)(C)O[C@H]12. The Morgan fingerprint density at radius 2 is 2.13 bits per heavy atom. The summed E-state index contributed by atoms with van der Waals surface area (Å²) in [5, 5.41) is 11.3. The van der Waals surface area contributed by atoms with Gasteiger partial charge in [-0.2, -0.15) is 0 Å². The van der Waals surface area contributed by atoms with Crippen molar-refractivity contribution < 1.29 is 14.6 Å². The van der Waals surface area contributed by atoms with Gasteiger partial charge in [0.05, 0.1) is 17.5 Å². The predicted molar refractivity (Wildman–Crippen MR) is 85.2 cm³/mol. The molecule has 4 rings (SSSR count). The fourth-order valence-electron chi connectivity index (χ4n) is 3.48. The van der Waals surface area contributed by atoms with Gasteiger partial charge in [0, 0.05) is 6.20 Å². The minimum Gasteiger partial charge on any atom is -0.389 e. The number of ether oxygens (including phenoxy) is 2. The first-order valence-corrected chi connectivity index (χ1v) is 7.97. The maximum Gasteiger partial charge on any atom is 0.164 e. The zero-order valence-electron chi connectivity index (χ0n) is 13.1. The van der Waals surface area contributed by atoms with Crippen molar-refractivity contribution in [2.24, 2.45) is 0 Å². The highest BCUT2D eigenvalue weighted by Crippen LogP contribution is 2.45. The van der Waals surface area contributed by atoms with Crippen LogP contribution in [-0.2, 0) is 9.47 Å². The number of fused-ring (bicyclic) bond motifs is 2. The largest absolute Gasteiger partial charge is 0.389 e. The maximum atomic E-state index is 10.1. The van der Waals surface area contributed by atoms with Gasteiger partial charge in [-0.05, 0) is 32.4 Å². The molecule has 1 aliphatic carbocycles. The number of hydrogen-bond donors (Lipinski definition) is 1. The maximum absolute atomic E-state index is 10.1. The van der Waals surface area contributed by atoms with E-state index >= 15 is 0 Å². The summed E-state index contributed by atoms with van der Waals surface area (Å²) in [6, 6.07) is 1.77. The van der Waals surface area contributed by atoms with Gasteiger partial charge >= 0.3 is 0 Å². The lowest BCUT2D eigenvalue weighted by Crippen LogP contribution is -2.29. The number of rotatable bonds is 2. The molecule has 23 heavy (non-hydrogen) atoms. The molecule has 0 spiro atoms. The molecule has 6 nitrogen and oxygen atoms in total. The first kappa shape index (κ1) is 15.1. The number of nitrogens with zero attached hydrogens (tertiary/aromatic N) is 3. The monoisotopic (exact) mass is 335 g/mol. The number of aromatic nitrogens is 3. The quantitative estimate of drug-likeness (QED) is 0.674. The van der Waals surface area contributed by atoms with Crippen molar-refractivity contribution in [2.75, 3.05) is 0 Å². The molecule has 1 aliphatic heterocycles. The molecule has 3 heterocycles. The Labute approximate surface area is 138 Å².